The number of aliphatic imine (C=N–C) groups is 1. The Labute approximate surface area is 163 Å². The molecule has 0 amide bonds. The number of benzene rings is 1. The monoisotopic (exact) mass is 441 g/mol. The van der Waals surface area contributed by atoms with Gasteiger partial charge in [0.25, 0.3) is 0 Å². The number of halogens is 1. The van der Waals surface area contributed by atoms with Crippen molar-refractivity contribution in [1.82, 2.24) is 10.6 Å². The minimum absolute atomic E-state index is 0.00847. The van der Waals surface area contributed by atoms with Crippen LogP contribution < -0.4 is 10.6 Å². The Bertz CT molecular complexity index is 845. The van der Waals surface area contributed by atoms with Crippen LogP contribution in [0.5, 0.6) is 0 Å². The molecule has 1 aromatic heterocycles. The molecule has 1 unspecified atom stereocenters. The van der Waals surface area contributed by atoms with Gasteiger partial charge >= 0.3 is 0 Å². The van der Waals surface area contributed by atoms with Crippen molar-refractivity contribution < 1.29 is 12.8 Å². The van der Waals surface area contributed by atoms with Gasteiger partial charge in [-0.05, 0) is 37.6 Å². The number of sulfone groups is 1. The summed E-state index contributed by atoms with van der Waals surface area (Å²) in [6, 6.07) is 11.8. The minimum atomic E-state index is -2.96. The first-order valence-electron chi connectivity index (χ1n) is 8.26. The molecule has 1 aromatic carbocycles. The van der Waals surface area contributed by atoms with E-state index in [1.54, 1.807) is 7.05 Å². The lowest BCUT2D eigenvalue weighted by molar-refractivity contribution is 0.511. The lowest BCUT2D eigenvalue weighted by atomic mass is 10.2. The van der Waals surface area contributed by atoms with Gasteiger partial charge in [0.05, 0.1) is 12.3 Å². The van der Waals surface area contributed by atoms with Crippen LogP contribution in [0.3, 0.4) is 0 Å². The molecule has 0 radical (unpaired) electrons. The summed E-state index contributed by atoms with van der Waals surface area (Å²) in [6.45, 7) is 2.41. The molecule has 0 spiro atoms. The van der Waals surface area contributed by atoms with Crippen LogP contribution in [0.1, 0.15) is 19.1 Å². The number of hydrogen-bond acceptors (Lipinski definition) is 4. The van der Waals surface area contributed by atoms with E-state index in [2.05, 4.69) is 31.6 Å². The third kappa shape index (κ3) is 6.84. The zero-order valence-electron chi connectivity index (χ0n) is 15.1. The average molecular weight is 442 g/mol. The van der Waals surface area contributed by atoms with Crippen molar-refractivity contribution in [3.05, 3.63) is 46.6 Å². The Kier molecular flexibility index (Phi) is 7.28. The van der Waals surface area contributed by atoms with E-state index >= 15 is 0 Å². The van der Waals surface area contributed by atoms with Gasteiger partial charge in [-0.15, -0.1) is 0 Å². The maximum Gasteiger partial charge on any atom is 0.191 e. The molecule has 6 nitrogen and oxygen atoms in total. The smallest absolute Gasteiger partial charge is 0.191 e. The number of hydrogen-bond donors (Lipinski definition) is 2. The molecule has 8 heteroatoms. The van der Waals surface area contributed by atoms with Crippen LogP contribution in [0, 0.1) is 0 Å². The molecule has 0 bridgehead atoms. The minimum Gasteiger partial charge on any atom is -0.459 e. The fourth-order valence-electron chi connectivity index (χ4n) is 2.30. The Morgan fingerprint density at radius 1 is 1.23 bits per heavy atom. The molecule has 0 aliphatic heterocycles. The van der Waals surface area contributed by atoms with Gasteiger partial charge < -0.3 is 15.1 Å². The van der Waals surface area contributed by atoms with Crippen molar-refractivity contribution in [3.63, 3.8) is 0 Å². The van der Waals surface area contributed by atoms with Crippen LogP contribution >= 0.6 is 15.9 Å². The van der Waals surface area contributed by atoms with E-state index in [0.717, 1.165) is 21.6 Å². The largest absolute Gasteiger partial charge is 0.459 e. The van der Waals surface area contributed by atoms with Crippen molar-refractivity contribution in [1.29, 1.82) is 0 Å². The van der Waals surface area contributed by atoms with Gasteiger partial charge in [0.15, 0.2) is 5.96 Å². The van der Waals surface area contributed by atoms with Gasteiger partial charge in [-0.25, -0.2) is 8.42 Å². The van der Waals surface area contributed by atoms with E-state index in [0.29, 0.717) is 18.9 Å². The SMILES string of the molecule is CN=C(NCc1ccc(-c2ccc(Br)cc2)o1)NC(C)CCS(C)(=O)=O. The van der Waals surface area contributed by atoms with Gasteiger partial charge in [0.2, 0.25) is 0 Å². The molecule has 0 fully saturated rings. The van der Waals surface area contributed by atoms with E-state index in [-0.39, 0.29) is 11.8 Å². The average Bonchev–Trinajstić information content (AvgIpc) is 3.05. The maximum atomic E-state index is 11.3. The molecule has 26 heavy (non-hydrogen) atoms. The third-order valence-electron chi connectivity index (χ3n) is 3.75. The summed E-state index contributed by atoms with van der Waals surface area (Å²) in [5, 5.41) is 6.36. The fraction of sp³-hybridized carbons (Fsp3) is 0.389. The number of guanidine groups is 1. The second-order valence-corrected chi connectivity index (χ2v) is 9.34. The van der Waals surface area contributed by atoms with Crippen LogP contribution in [0.2, 0.25) is 0 Å². The van der Waals surface area contributed by atoms with Crippen LogP contribution in [-0.4, -0.2) is 39.5 Å². The first-order valence-corrected chi connectivity index (χ1v) is 11.1. The van der Waals surface area contributed by atoms with E-state index in [9.17, 15) is 8.42 Å². The highest BCUT2D eigenvalue weighted by Crippen LogP contribution is 2.23. The highest BCUT2D eigenvalue weighted by atomic mass is 79.9. The lowest BCUT2D eigenvalue weighted by Crippen LogP contribution is -2.42. The molecule has 0 aliphatic carbocycles. The van der Waals surface area contributed by atoms with E-state index in [1.807, 2.05) is 43.3 Å². The van der Waals surface area contributed by atoms with Crippen LogP contribution in [0.25, 0.3) is 11.3 Å². The molecule has 2 aromatic rings. The first kappa shape index (κ1) is 20.5. The third-order valence-corrected chi connectivity index (χ3v) is 5.25. The van der Waals surface area contributed by atoms with Gasteiger partial charge in [-0.3, -0.25) is 4.99 Å². The van der Waals surface area contributed by atoms with Gasteiger partial charge in [-0.2, -0.15) is 0 Å². The Hall–Kier alpha value is -1.80. The Morgan fingerprint density at radius 3 is 2.54 bits per heavy atom. The topological polar surface area (TPSA) is 83.7 Å². The second-order valence-electron chi connectivity index (χ2n) is 6.16. The molecular formula is C18H24BrN3O3S. The molecule has 142 valence electrons. The van der Waals surface area contributed by atoms with Gasteiger partial charge in [0, 0.05) is 29.4 Å². The summed E-state index contributed by atoms with van der Waals surface area (Å²) >= 11 is 3.42. The van der Waals surface area contributed by atoms with Crippen LogP contribution in [-0.2, 0) is 16.4 Å². The predicted octanol–water partition coefficient (Wildman–Crippen LogP) is 3.20. The molecule has 0 aliphatic rings. The number of nitrogens with zero attached hydrogens (tertiary/aromatic N) is 1. The quantitative estimate of drug-likeness (QED) is 0.508. The highest BCUT2D eigenvalue weighted by molar-refractivity contribution is 9.10. The van der Waals surface area contributed by atoms with Crippen molar-refractivity contribution in [2.45, 2.75) is 25.9 Å². The number of rotatable bonds is 7. The summed E-state index contributed by atoms with van der Waals surface area (Å²) in [5.74, 6) is 2.34. The van der Waals surface area contributed by atoms with E-state index < -0.39 is 9.84 Å². The van der Waals surface area contributed by atoms with E-state index in [1.165, 1.54) is 6.26 Å². The fourth-order valence-corrected chi connectivity index (χ4v) is 3.35. The lowest BCUT2D eigenvalue weighted by Gasteiger charge is -2.17. The van der Waals surface area contributed by atoms with Crippen LogP contribution in [0.15, 0.2) is 50.3 Å². The maximum absolute atomic E-state index is 11.3. The molecule has 1 atom stereocenters. The number of furan rings is 1. The standard InChI is InChI=1S/C18H24BrN3O3S/c1-13(10-11-26(3,23)24)22-18(20-2)21-12-16-8-9-17(25-16)14-4-6-15(19)7-5-14/h4-9,13H,10-12H2,1-3H3,(H2,20,21,22). The number of nitrogens with one attached hydrogen (secondary N) is 2. The van der Waals surface area contributed by atoms with Crippen molar-refractivity contribution in [2.75, 3.05) is 19.1 Å². The Morgan fingerprint density at radius 2 is 1.92 bits per heavy atom. The molecular weight excluding hydrogens is 418 g/mol. The second kappa shape index (κ2) is 9.23. The van der Waals surface area contributed by atoms with Crippen molar-refractivity contribution in [3.8, 4) is 11.3 Å². The zero-order chi connectivity index (χ0) is 19.2. The Balaban J connectivity index is 1.88. The summed E-state index contributed by atoms with van der Waals surface area (Å²) in [4.78, 5) is 4.16. The predicted molar refractivity (Wildman–Crippen MR) is 109 cm³/mol. The zero-order valence-corrected chi connectivity index (χ0v) is 17.5. The van der Waals surface area contributed by atoms with Gasteiger partial charge in [-0.1, -0.05) is 28.1 Å². The van der Waals surface area contributed by atoms with Crippen molar-refractivity contribution in [2.24, 2.45) is 4.99 Å². The highest BCUT2D eigenvalue weighted by Gasteiger charge is 2.10. The first-order chi connectivity index (χ1) is 12.3. The van der Waals surface area contributed by atoms with Crippen molar-refractivity contribution >= 4 is 31.7 Å². The summed E-state index contributed by atoms with van der Waals surface area (Å²) in [5.41, 5.74) is 1.01. The van der Waals surface area contributed by atoms with Crippen LogP contribution in [0.4, 0.5) is 0 Å². The summed E-state index contributed by atoms with van der Waals surface area (Å²) < 4.78 is 29.4. The molecule has 1 heterocycles. The summed E-state index contributed by atoms with van der Waals surface area (Å²) in [6.07, 6.45) is 1.76. The molecule has 0 saturated carbocycles. The van der Waals surface area contributed by atoms with E-state index in [4.69, 9.17) is 4.42 Å². The molecule has 2 rings (SSSR count). The summed E-state index contributed by atoms with van der Waals surface area (Å²) in [7, 11) is -1.29. The normalized spacial score (nSPS) is 13.5. The molecule has 0 saturated heterocycles. The molecule has 2 N–H and O–H groups in total. The van der Waals surface area contributed by atoms with Gasteiger partial charge in [0.1, 0.15) is 21.4 Å².